The first-order valence-corrected chi connectivity index (χ1v) is 13.7. The first-order valence-electron chi connectivity index (χ1n) is 13.7. The average Bonchev–Trinajstić information content (AvgIpc) is 2.94. The molecule has 0 atom stereocenters. The van der Waals surface area contributed by atoms with Crippen molar-refractivity contribution in [1.82, 2.24) is 0 Å². The van der Waals surface area contributed by atoms with Crippen LogP contribution >= 0.6 is 0 Å². The van der Waals surface area contributed by atoms with Crippen LogP contribution in [0, 0.1) is 11.8 Å². The molecule has 0 radical (unpaired) electrons. The predicted molar refractivity (Wildman–Crippen MR) is 124 cm³/mol. The number of benzene rings is 1. The van der Waals surface area contributed by atoms with Gasteiger partial charge >= 0.3 is 53.6 Å². The lowest BCUT2D eigenvalue weighted by atomic mass is 9.78. The van der Waals surface area contributed by atoms with E-state index >= 15 is 0 Å². The molecule has 2 rings (SSSR count). The molecule has 1 aliphatic carbocycles. The van der Waals surface area contributed by atoms with Gasteiger partial charge in [0.05, 0.1) is 0 Å². The van der Waals surface area contributed by atoms with E-state index in [-0.39, 0.29) is 30.0 Å². The standard InChI is InChI=1S/C27H27F19/c1-2-3-4-15-5-7-16(8-6-15)9-10-17-11-13-18(14-12-17)19(28,29)20(30,31)21(32,33)22(34,35)23(36,37)24(38,39)25(40,41)26(42,43)27(44,45)46/h11-16H,2-10H2,1H3. The van der Waals surface area contributed by atoms with Crippen LogP contribution in [-0.4, -0.2) is 47.6 Å². The summed E-state index contributed by atoms with van der Waals surface area (Å²) in [6.07, 6.45) is -0.659. The van der Waals surface area contributed by atoms with E-state index in [1.54, 1.807) is 0 Å². The van der Waals surface area contributed by atoms with E-state index < -0.39 is 59.1 Å². The van der Waals surface area contributed by atoms with Gasteiger partial charge in [-0.25, -0.2) is 0 Å². The van der Waals surface area contributed by atoms with Crippen LogP contribution < -0.4 is 0 Å². The minimum absolute atomic E-state index is 0.0100. The highest BCUT2D eigenvalue weighted by atomic mass is 19.4. The summed E-state index contributed by atoms with van der Waals surface area (Å²) in [5, 5.41) is 0. The van der Waals surface area contributed by atoms with Gasteiger partial charge in [-0.05, 0) is 30.2 Å². The molecule has 0 nitrogen and oxygen atoms in total. The SMILES string of the molecule is CCCCC1CCC(CCc2ccc(C(F)(F)C(F)(F)C(F)(F)C(F)(F)C(F)(F)C(F)(F)C(F)(F)C(F)(F)C(F)(F)F)cc2)CC1. The first kappa shape index (κ1) is 40.1. The summed E-state index contributed by atoms with van der Waals surface area (Å²) >= 11 is 0. The van der Waals surface area contributed by atoms with Gasteiger partial charge in [-0.2, -0.15) is 83.4 Å². The Morgan fingerprint density at radius 1 is 0.478 bits per heavy atom. The Bertz CT molecular complexity index is 1140. The number of rotatable bonds is 14. The number of hydrogen-bond donors (Lipinski definition) is 0. The maximum atomic E-state index is 14.5. The van der Waals surface area contributed by atoms with Gasteiger partial charge in [0.1, 0.15) is 0 Å². The van der Waals surface area contributed by atoms with Gasteiger partial charge in [0.2, 0.25) is 0 Å². The van der Waals surface area contributed by atoms with E-state index in [0.717, 1.165) is 44.9 Å². The molecule has 0 unspecified atom stereocenters. The maximum absolute atomic E-state index is 14.5. The smallest absolute Gasteiger partial charge is 0.194 e. The van der Waals surface area contributed by atoms with Gasteiger partial charge < -0.3 is 0 Å². The second kappa shape index (κ2) is 12.7. The Labute approximate surface area is 249 Å². The molecule has 268 valence electrons. The highest BCUT2D eigenvalue weighted by Gasteiger charge is 2.96. The van der Waals surface area contributed by atoms with Gasteiger partial charge in [-0.3, -0.25) is 0 Å². The lowest BCUT2D eigenvalue weighted by molar-refractivity contribution is -0.469. The number of alkyl halides is 19. The largest absolute Gasteiger partial charge is 0.460 e. The zero-order chi connectivity index (χ0) is 36.0. The van der Waals surface area contributed by atoms with Gasteiger partial charge in [0.25, 0.3) is 0 Å². The molecule has 0 N–H and O–H groups in total. The molecule has 46 heavy (non-hydrogen) atoms. The fourth-order valence-electron chi connectivity index (χ4n) is 5.10. The van der Waals surface area contributed by atoms with Crippen molar-refractivity contribution in [3.8, 4) is 0 Å². The average molecular weight is 712 g/mol. The number of unbranched alkanes of at least 4 members (excludes halogenated alkanes) is 1. The Balaban J connectivity index is 2.33. The summed E-state index contributed by atoms with van der Waals surface area (Å²) in [5.41, 5.74) is -2.12. The number of hydrogen-bond acceptors (Lipinski definition) is 0. The molecule has 1 fully saturated rings. The third kappa shape index (κ3) is 6.37. The van der Waals surface area contributed by atoms with E-state index in [0.29, 0.717) is 24.5 Å². The van der Waals surface area contributed by atoms with Crippen molar-refractivity contribution in [2.45, 2.75) is 118 Å². The van der Waals surface area contributed by atoms with Gasteiger partial charge in [0, 0.05) is 5.56 Å². The minimum atomic E-state index is -8.92. The first-order chi connectivity index (χ1) is 20.5. The van der Waals surface area contributed by atoms with E-state index in [9.17, 15) is 83.4 Å². The van der Waals surface area contributed by atoms with Crippen LogP contribution in [0.3, 0.4) is 0 Å². The van der Waals surface area contributed by atoms with E-state index in [1.807, 2.05) is 6.92 Å². The summed E-state index contributed by atoms with van der Waals surface area (Å²) in [6.45, 7) is 2.04. The lowest BCUT2D eigenvalue weighted by Gasteiger charge is -2.43. The van der Waals surface area contributed by atoms with Crippen molar-refractivity contribution in [1.29, 1.82) is 0 Å². The van der Waals surface area contributed by atoms with Crippen molar-refractivity contribution in [2.24, 2.45) is 11.8 Å². The second-order valence-electron chi connectivity index (χ2n) is 11.4. The van der Waals surface area contributed by atoms with Crippen molar-refractivity contribution in [2.75, 3.05) is 0 Å². The van der Waals surface area contributed by atoms with Crippen molar-refractivity contribution in [3.05, 3.63) is 35.4 Å². The lowest BCUT2D eigenvalue weighted by Crippen LogP contribution is -2.75. The third-order valence-corrected chi connectivity index (χ3v) is 8.21. The Morgan fingerprint density at radius 3 is 1.20 bits per heavy atom. The van der Waals surface area contributed by atoms with E-state index in [4.69, 9.17) is 0 Å². The molecule has 1 aromatic rings. The molecule has 0 heterocycles. The molecule has 1 aromatic carbocycles. The van der Waals surface area contributed by atoms with Crippen LogP contribution in [0.4, 0.5) is 83.4 Å². The summed E-state index contributed by atoms with van der Waals surface area (Å²) in [6, 6.07) is 1.30. The highest BCUT2D eigenvalue weighted by Crippen LogP contribution is 2.66. The molecule has 19 heteroatoms. The van der Waals surface area contributed by atoms with Crippen molar-refractivity contribution < 1.29 is 83.4 Å². The van der Waals surface area contributed by atoms with E-state index in [1.165, 1.54) is 0 Å². The molecule has 1 saturated carbocycles. The van der Waals surface area contributed by atoms with Gasteiger partial charge in [-0.15, -0.1) is 0 Å². The molecule has 0 aliphatic heterocycles. The van der Waals surface area contributed by atoms with Gasteiger partial charge in [-0.1, -0.05) is 76.1 Å². The highest BCUT2D eigenvalue weighted by molar-refractivity contribution is 5.30. The molecule has 0 saturated heterocycles. The Hall–Kier alpha value is -2.11. The molecule has 0 aromatic heterocycles. The summed E-state index contributed by atoms with van der Waals surface area (Å²) in [4.78, 5) is 0. The molecule has 0 amide bonds. The Morgan fingerprint density at radius 2 is 0.826 bits per heavy atom. The van der Waals surface area contributed by atoms with Crippen molar-refractivity contribution in [3.63, 3.8) is 0 Å². The molecule has 1 aliphatic rings. The summed E-state index contributed by atoms with van der Waals surface area (Å²) in [7, 11) is 0. The van der Waals surface area contributed by atoms with Crippen LogP contribution in [0.5, 0.6) is 0 Å². The van der Waals surface area contributed by atoms with Crippen LogP contribution in [0.25, 0.3) is 0 Å². The van der Waals surface area contributed by atoms with Crippen LogP contribution in [0.1, 0.15) is 69.4 Å². The third-order valence-electron chi connectivity index (χ3n) is 8.21. The molecular formula is C27H27F19. The summed E-state index contributed by atoms with van der Waals surface area (Å²) < 4.78 is 258. The van der Waals surface area contributed by atoms with E-state index in [2.05, 4.69) is 0 Å². The number of aryl methyl sites for hydroxylation is 1. The number of halogens is 19. The molecular weight excluding hydrogens is 685 g/mol. The molecule has 0 bridgehead atoms. The minimum Gasteiger partial charge on any atom is -0.194 e. The quantitative estimate of drug-likeness (QED) is 0.169. The maximum Gasteiger partial charge on any atom is 0.460 e. The summed E-state index contributed by atoms with van der Waals surface area (Å²) in [5.74, 6) is -65.9. The Kier molecular flexibility index (Phi) is 11.1. The second-order valence-corrected chi connectivity index (χ2v) is 11.4. The topological polar surface area (TPSA) is 0 Å². The van der Waals surface area contributed by atoms with Gasteiger partial charge in [0.15, 0.2) is 0 Å². The fourth-order valence-corrected chi connectivity index (χ4v) is 5.10. The fraction of sp³-hybridized carbons (Fsp3) is 0.778. The molecule has 0 spiro atoms. The van der Waals surface area contributed by atoms with Crippen LogP contribution in [0.15, 0.2) is 24.3 Å². The van der Waals surface area contributed by atoms with Crippen molar-refractivity contribution >= 4 is 0 Å². The zero-order valence-corrected chi connectivity index (χ0v) is 23.5. The monoisotopic (exact) mass is 712 g/mol. The van der Waals surface area contributed by atoms with Crippen LogP contribution in [0.2, 0.25) is 0 Å². The van der Waals surface area contributed by atoms with Crippen LogP contribution in [-0.2, 0) is 12.3 Å². The zero-order valence-electron chi connectivity index (χ0n) is 23.5. The predicted octanol–water partition coefficient (Wildman–Crippen LogP) is 11.7. The normalized spacial score (nSPS) is 20.3.